The minimum Gasteiger partial charge on any atom is -0.315 e. The summed E-state index contributed by atoms with van der Waals surface area (Å²) in [5.41, 5.74) is 4.17. The van der Waals surface area contributed by atoms with Gasteiger partial charge in [-0.1, -0.05) is 25.1 Å². The van der Waals surface area contributed by atoms with E-state index in [-0.39, 0.29) is 11.5 Å². The van der Waals surface area contributed by atoms with Gasteiger partial charge in [0.2, 0.25) is 5.91 Å². The molecule has 2 aromatic heterocycles. The molecule has 1 atom stereocenters. The first-order valence-electron chi connectivity index (χ1n) is 10.4. The van der Waals surface area contributed by atoms with Crippen LogP contribution in [0, 0.1) is 25.2 Å². The van der Waals surface area contributed by atoms with Gasteiger partial charge >= 0.3 is 0 Å². The summed E-state index contributed by atoms with van der Waals surface area (Å²) in [6.07, 6.45) is 4.53. The summed E-state index contributed by atoms with van der Waals surface area (Å²) in [6, 6.07) is 9.16. The molecule has 0 fully saturated rings. The monoisotopic (exact) mass is 419 g/mol. The Morgan fingerprint density at radius 3 is 2.77 bits per heavy atom. The summed E-state index contributed by atoms with van der Waals surface area (Å²) >= 11 is 1.51. The van der Waals surface area contributed by atoms with Crippen molar-refractivity contribution >= 4 is 33.1 Å². The first-order valence-corrected chi connectivity index (χ1v) is 11.2. The number of nitrogens with zero attached hydrogens (tertiary/aromatic N) is 2. The number of carbonyl (C=O) groups excluding carboxylic acids is 1. The van der Waals surface area contributed by atoms with Crippen molar-refractivity contribution < 1.29 is 4.79 Å². The Balaban J connectivity index is 1.78. The normalized spacial score (nSPS) is 14.2. The Labute approximate surface area is 180 Å². The van der Waals surface area contributed by atoms with E-state index in [9.17, 15) is 14.9 Å². The van der Waals surface area contributed by atoms with E-state index in [0.717, 1.165) is 53.3 Å². The molecule has 1 aliphatic rings. The number of nitrogens with one attached hydrogen (secondary N) is 1. The molecule has 0 aliphatic heterocycles. The molecule has 1 aliphatic carbocycles. The number of fused-ring (bicyclic) bond motifs is 2. The van der Waals surface area contributed by atoms with Gasteiger partial charge in [-0.15, -0.1) is 11.3 Å². The number of amides is 1. The molecule has 1 N–H and O–H groups in total. The summed E-state index contributed by atoms with van der Waals surface area (Å²) in [7, 11) is 0. The molecule has 4 rings (SSSR count). The van der Waals surface area contributed by atoms with Crippen LogP contribution in [0.4, 0.5) is 5.00 Å². The van der Waals surface area contributed by atoms with Crippen LogP contribution in [0.5, 0.6) is 0 Å². The lowest BCUT2D eigenvalue weighted by molar-refractivity contribution is -0.119. The number of anilines is 1. The van der Waals surface area contributed by atoms with Crippen molar-refractivity contribution in [2.45, 2.75) is 58.9 Å². The standard InChI is InChI=1S/C24H25N3O2S/c1-4-19(27-21(28)12-15(3)16-10-7-8-14(2)22(16)27)23(29)26-24-18(13-25)17-9-5-6-11-20(17)30-24/h7-8,10,12,19H,4-6,9,11H2,1-3H3,(H,26,29). The quantitative estimate of drug-likeness (QED) is 0.645. The fourth-order valence-corrected chi connectivity index (χ4v) is 5.74. The number of pyridine rings is 1. The number of carbonyl (C=O) groups is 1. The first-order chi connectivity index (χ1) is 14.5. The predicted octanol–water partition coefficient (Wildman–Crippen LogP) is 5.02. The smallest absolute Gasteiger partial charge is 0.252 e. The zero-order chi connectivity index (χ0) is 21.4. The van der Waals surface area contributed by atoms with Gasteiger partial charge in [-0.25, -0.2) is 0 Å². The SMILES string of the molecule is CCC(C(=O)Nc1sc2c(c1C#N)CCCC2)n1c(=O)cc(C)c2cccc(C)c21. The van der Waals surface area contributed by atoms with Crippen molar-refractivity contribution in [2.75, 3.05) is 5.32 Å². The Bertz CT molecular complexity index is 1250. The number of nitriles is 1. The van der Waals surface area contributed by atoms with Crippen molar-refractivity contribution in [3.8, 4) is 6.07 Å². The zero-order valence-corrected chi connectivity index (χ0v) is 18.4. The van der Waals surface area contributed by atoms with Crippen molar-refractivity contribution in [2.24, 2.45) is 0 Å². The van der Waals surface area contributed by atoms with Crippen LogP contribution in [0.15, 0.2) is 29.1 Å². The van der Waals surface area contributed by atoms with E-state index in [2.05, 4.69) is 11.4 Å². The van der Waals surface area contributed by atoms with Crippen LogP contribution in [0.2, 0.25) is 0 Å². The highest BCUT2D eigenvalue weighted by atomic mass is 32.1. The largest absolute Gasteiger partial charge is 0.315 e. The third-order valence-corrected chi connectivity index (χ3v) is 7.21. The molecule has 1 unspecified atom stereocenters. The van der Waals surface area contributed by atoms with Gasteiger partial charge in [-0.3, -0.25) is 14.2 Å². The number of hydrogen-bond acceptors (Lipinski definition) is 4. The van der Waals surface area contributed by atoms with Gasteiger partial charge in [0.25, 0.3) is 5.56 Å². The molecule has 1 amide bonds. The molecule has 1 aromatic carbocycles. The number of aryl methyl sites for hydroxylation is 3. The Morgan fingerprint density at radius 1 is 1.27 bits per heavy atom. The van der Waals surface area contributed by atoms with Gasteiger partial charge in [0, 0.05) is 16.3 Å². The average Bonchev–Trinajstić information content (AvgIpc) is 3.08. The maximum atomic E-state index is 13.3. The lowest BCUT2D eigenvalue weighted by Gasteiger charge is -2.22. The zero-order valence-electron chi connectivity index (χ0n) is 17.5. The van der Waals surface area contributed by atoms with Crippen LogP contribution in [0.1, 0.15) is 59.4 Å². The summed E-state index contributed by atoms with van der Waals surface area (Å²) in [5.74, 6) is -0.247. The molecule has 0 bridgehead atoms. The van der Waals surface area contributed by atoms with Gasteiger partial charge in [0.1, 0.15) is 17.1 Å². The summed E-state index contributed by atoms with van der Waals surface area (Å²) < 4.78 is 1.62. The van der Waals surface area contributed by atoms with Gasteiger partial charge in [-0.2, -0.15) is 5.26 Å². The van der Waals surface area contributed by atoms with Gasteiger partial charge in [-0.05, 0) is 62.6 Å². The summed E-state index contributed by atoms with van der Waals surface area (Å²) in [6.45, 7) is 5.79. The Morgan fingerprint density at radius 2 is 2.03 bits per heavy atom. The van der Waals surface area contributed by atoms with Crippen LogP contribution in [0.25, 0.3) is 10.9 Å². The van der Waals surface area contributed by atoms with Crippen molar-refractivity contribution in [3.05, 3.63) is 61.8 Å². The third-order valence-electron chi connectivity index (χ3n) is 6.00. The second-order valence-electron chi connectivity index (χ2n) is 7.95. The molecule has 0 saturated carbocycles. The third kappa shape index (κ3) is 3.33. The van der Waals surface area contributed by atoms with E-state index in [1.165, 1.54) is 16.2 Å². The van der Waals surface area contributed by atoms with Crippen molar-refractivity contribution in [1.29, 1.82) is 5.26 Å². The molecule has 0 saturated heterocycles. The fourth-order valence-electron chi connectivity index (χ4n) is 4.50. The number of aromatic nitrogens is 1. The minimum absolute atomic E-state index is 0.178. The lowest BCUT2D eigenvalue weighted by Crippen LogP contribution is -2.33. The van der Waals surface area contributed by atoms with Crippen LogP contribution in [-0.4, -0.2) is 10.5 Å². The molecule has 0 radical (unpaired) electrons. The highest BCUT2D eigenvalue weighted by molar-refractivity contribution is 7.16. The minimum atomic E-state index is -0.646. The molecule has 0 spiro atoms. The highest BCUT2D eigenvalue weighted by Gasteiger charge is 2.26. The molecule has 3 aromatic rings. The van der Waals surface area contributed by atoms with Gasteiger partial charge < -0.3 is 5.32 Å². The lowest BCUT2D eigenvalue weighted by atomic mass is 9.96. The number of para-hydroxylation sites is 1. The Hall–Kier alpha value is -2.91. The Kier molecular flexibility index (Phi) is 5.48. The molecule has 30 heavy (non-hydrogen) atoms. The summed E-state index contributed by atoms with van der Waals surface area (Å²) in [5, 5.41) is 14.3. The van der Waals surface area contributed by atoms with Crippen molar-refractivity contribution in [3.63, 3.8) is 0 Å². The van der Waals surface area contributed by atoms with E-state index < -0.39 is 6.04 Å². The summed E-state index contributed by atoms with van der Waals surface area (Å²) in [4.78, 5) is 27.5. The number of benzene rings is 1. The molecular weight excluding hydrogens is 394 g/mol. The van der Waals surface area contributed by atoms with E-state index in [0.29, 0.717) is 17.0 Å². The van der Waals surface area contributed by atoms with Crippen LogP contribution >= 0.6 is 11.3 Å². The number of hydrogen-bond donors (Lipinski definition) is 1. The van der Waals surface area contributed by atoms with Gasteiger partial charge in [0.05, 0.1) is 11.1 Å². The molecule has 5 nitrogen and oxygen atoms in total. The molecule has 154 valence electrons. The van der Waals surface area contributed by atoms with E-state index in [1.807, 2.05) is 39.0 Å². The fraction of sp³-hybridized carbons (Fsp3) is 0.375. The van der Waals surface area contributed by atoms with Crippen LogP contribution < -0.4 is 10.9 Å². The van der Waals surface area contributed by atoms with E-state index in [1.54, 1.807) is 10.6 Å². The van der Waals surface area contributed by atoms with Crippen molar-refractivity contribution in [1.82, 2.24) is 4.57 Å². The topological polar surface area (TPSA) is 74.9 Å². The second kappa shape index (κ2) is 8.08. The molecule has 2 heterocycles. The first kappa shape index (κ1) is 20.4. The number of rotatable bonds is 4. The van der Waals surface area contributed by atoms with E-state index >= 15 is 0 Å². The van der Waals surface area contributed by atoms with E-state index in [4.69, 9.17) is 0 Å². The second-order valence-corrected chi connectivity index (χ2v) is 9.05. The molecular formula is C24H25N3O2S. The van der Waals surface area contributed by atoms with Crippen LogP contribution in [0.3, 0.4) is 0 Å². The number of thiophene rings is 1. The maximum absolute atomic E-state index is 13.3. The molecule has 6 heteroatoms. The maximum Gasteiger partial charge on any atom is 0.252 e. The predicted molar refractivity (Wildman–Crippen MR) is 121 cm³/mol. The van der Waals surface area contributed by atoms with Gasteiger partial charge in [0.15, 0.2) is 0 Å². The highest BCUT2D eigenvalue weighted by Crippen LogP contribution is 2.38. The average molecular weight is 420 g/mol. The van der Waals surface area contributed by atoms with Crippen LogP contribution in [-0.2, 0) is 17.6 Å².